The first kappa shape index (κ1) is 13.4. The number of hydrogen-bond acceptors (Lipinski definition) is 3. The van der Waals surface area contributed by atoms with Crippen molar-refractivity contribution in [2.24, 2.45) is 0 Å². The Labute approximate surface area is 112 Å². The van der Waals surface area contributed by atoms with Crippen LogP contribution in [0.5, 0.6) is 0 Å². The predicted octanol–water partition coefficient (Wildman–Crippen LogP) is 3.14. The first-order valence-corrected chi connectivity index (χ1v) is 6.18. The molecule has 0 amide bonds. The molecule has 1 aromatic heterocycles. The monoisotopic (exact) mass is 259 g/mol. The fraction of sp³-hybridized carbons (Fsp3) is 0.267. The standard InChI is InChI=1S/C15H17NO3/c1-10-4-3-5-12(8-10)11(2)16-9-13-6-7-14(19-13)15(17)18/h3-8,11,16H,9H2,1-2H3,(H,17,18)/t11-/m1/s1. The van der Waals surface area contributed by atoms with E-state index in [1.807, 2.05) is 6.07 Å². The number of carboxylic acids is 1. The molecule has 0 fully saturated rings. The average molecular weight is 259 g/mol. The molecule has 19 heavy (non-hydrogen) atoms. The van der Waals surface area contributed by atoms with Crippen LogP contribution in [0.4, 0.5) is 0 Å². The summed E-state index contributed by atoms with van der Waals surface area (Å²) < 4.78 is 5.19. The molecule has 4 nitrogen and oxygen atoms in total. The summed E-state index contributed by atoms with van der Waals surface area (Å²) in [5.74, 6) is -0.449. The molecule has 2 rings (SSSR count). The molecular formula is C15H17NO3. The number of furan rings is 1. The summed E-state index contributed by atoms with van der Waals surface area (Å²) in [5.41, 5.74) is 2.42. The third kappa shape index (κ3) is 3.45. The van der Waals surface area contributed by atoms with Gasteiger partial charge >= 0.3 is 5.97 Å². The molecule has 1 atom stereocenters. The van der Waals surface area contributed by atoms with Gasteiger partial charge in [0.15, 0.2) is 0 Å². The molecule has 0 aliphatic carbocycles. The van der Waals surface area contributed by atoms with Crippen LogP contribution in [0.2, 0.25) is 0 Å². The van der Waals surface area contributed by atoms with Crippen LogP contribution in [-0.2, 0) is 6.54 Å². The van der Waals surface area contributed by atoms with Gasteiger partial charge in [-0.2, -0.15) is 0 Å². The van der Waals surface area contributed by atoms with Gasteiger partial charge in [0.1, 0.15) is 5.76 Å². The molecule has 0 aliphatic heterocycles. The number of aryl methyl sites for hydroxylation is 1. The molecule has 1 aromatic carbocycles. The molecule has 0 bridgehead atoms. The van der Waals surface area contributed by atoms with Crippen molar-refractivity contribution in [1.29, 1.82) is 0 Å². The number of carbonyl (C=O) groups is 1. The molecule has 0 saturated carbocycles. The lowest BCUT2D eigenvalue weighted by Crippen LogP contribution is -2.17. The highest BCUT2D eigenvalue weighted by Gasteiger charge is 2.10. The second-order valence-corrected chi connectivity index (χ2v) is 4.59. The van der Waals surface area contributed by atoms with E-state index in [2.05, 4.69) is 37.4 Å². The molecule has 0 unspecified atom stereocenters. The molecule has 0 spiro atoms. The lowest BCUT2D eigenvalue weighted by molar-refractivity contribution is 0.0660. The van der Waals surface area contributed by atoms with E-state index in [0.29, 0.717) is 12.3 Å². The second kappa shape index (κ2) is 5.71. The van der Waals surface area contributed by atoms with E-state index in [1.54, 1.807) is 6.07 Å². The third-order valence-corrected chi connectivity index (χ3v) is 3.00. The minimum Gasteiger partial charge on any atom is -0.475 e. The molecule has 0 radical (unpaired) electrons. The Hall–Kier alpha value is -2.07. The van der Waals surface area contributed by atoms with E-state index in [0.717, 1.165) is 0 Å². The fourth-order valence-corrected chi connectivity index (χ4v) is 1.90. The maximum Gasteiger partial charge on any atom is 0.371 e. The normalized spacial score (nSPS) is 12.3. The van der Waals surface area contributed by atoms with Gasteiger partial charge in [0, 0.05) is 6.04 Å². The highest BCUT2D eigenvalue weighted by atomic mass is 16.4. The van der Waals surface area contributed by atoms with Crippen molar-refractivity contribution in [3.63, 3.8) is 0 Å². The van der Waals surface area contributed by atoms with Crippen LogP contribution in [0.3, 0.4) is 0 Å². The van der Waals surface area contributed by atoms with Gasteiger partial charge in [0.05, 0.1) is 6.54 Å². The number of carboxylic acid groups (broad SMARTS) is 1. The van der Waals surface area contributed by atoms with Gasteiger partial charge in [0.25, 0.3) is 0 Å². The van der Waals surface area contributed by atoms with Crippen LogP contribution in [0, 0.1) is 6.92 Å². The summed E-state index contributed by atoms with van der Waals surface area (Å²) in [4.78, 5) is 10.7. The van der Waals surface area contributed by atoms with Crippen molar-refractivity contribution >= 4 is 5.97 Å². The predicted molar refractivity (Wildman–Crippen MR) is 72.1 cm³/mol. The maximum atomic E-state index is 10.7. The lowest BCUT2D eigenvalue weighted by atomic mass is 10.1. The van der Waals surface area contributed by atoms with Crippen molar-refractivity contribution in [2.45, 2.75) is 26.4 Å². The van der Waals surface area contributed by atoms with Crippen LogP contribution < -0.4 is 5.32 Å². The summed E-state index contributed by atoms with van der Waals surface area (Å²) >= 11 is 0. The Morgan fingerprint density at radius 3 is 2.79 bits per heavy atom. The van der Waals surface area contributed by atoms with E-state index in [9.17, 15) is 4.79 Å². The Bertz CT molecular complexity index is 574. The summed E-state index contributed by atoms with van der Waals surface area (Å²) in [7, 11) is 0. The summed E-state index contributed by atoms with van der Waals surface area (Å²) in [5, 5.41) is 12.1. The van der Waals surface area contributed by atoms with Crippen LogP contribution >= 0.6 is 0 Å². The molecule has 0 aliphatic rings. The molecular weight excluding hydrogens is 242 g/mol. The van der Waals surface area contributed by atoms with Crippen molar-refractivity contribution in [2.75, 3.05) is 0 Å². The first-order chi connectivity index (χ1) is 9.06. The molecule has 2 aromatic rings. The number of benzene rings is 1. The lowest BCUT2D eigenvalue weighted by Gasteiger charge is -2.13. The molecule has 1 heterocycles. The highest BCUT2D eigenvalue weighted by molar-refractivity contribution is 5.84. The van der Waals surface area contributed by atoms with E-state index >= 15 is 0 Å². The van der Waals surface area contributed by atoms with Gasteiger partial charge in [-0.3, -0.25) is 0 Å². The van der Waals surface area contributed by atoms with Crippen LogP contribution in [0.25, 0.3) is 0 Å². The van der Waals surface area contributed by atoms with Crippen LogP contribution in [-0.4, -0.2) is 11.1 Å². The van der Waals surface area contributed by atoms with Crippen molar-refractivity contribution in [3.05, 3.63) is 59.0 Å². The van der Waals surface area contributed by atoms with E-state index in [4.69, 9.17) is 9.52 Å². The van der Waals surface area contributed by atoms with Crippen LogP contribution in [0.15, 0.2) is 40.8 Å². The number of aromatic carboxylic acids is 1. The topological polar surface area (TPSA) is 62.5 Å². The highest BCUT2D eigenvalue weighted by Crippen LogP contribution is 2.15. The van der Waals surface area contributed by atoms with E-state index < -0.39 is 5.97 Å². The van der Waals surface area contributed by atoms with Gasteiger partial charge in [-0.05, 0) is 31.5 Å². The number of rotatable bonds is 5. The largest absolute Gasteiger partial charge is 0.475 e. The molecule has 2 N–H and O–H groups in total. The zero-order valence-corrected chi connectivity index (χ0v) is 11.0. The first-order valence-electron chi connectivity index (χ1n) is 6.18. The smallest absolute Gasteiger partial charge is 0.371 e. The Morgan fingerprint density at radius 1 is 1.37 bits per heavy atom. The Morgan fingerprint density at radius 2 is 2.16 bits per heavy atom. The van der Waals surface area contributed by atoms with Gasteiger partial charge in [-0.15, -0.1) is 0 Å². The van der Waals surface area contributed by atoms with Crippen molar-refractivity contribution < 1.29 is 14.3 Å². The second-order valence-electron chi connectivity index (χ2n) is 4.59. The van der Waals surface area contributed by atoms with E-state index in [-0.39, 0.29) is 11.8 Å². The van der Waals surface area contributed by atoms with Gasteiger partial charge < -0.3 is 14.8 Å². The fourth-order valence-electron chi connectivity index (χ4n) is 1.90. The SMILES string of the molecule is Cc1cccc([C@@H](C)NCc2ccc(C(=O)O)o2)c1. The quantitative estimate of drug-likeness (QED) is 0.866. The molecule has 100 valence electrons. The Balaban J connectivity index is 1.96. The molecule has 0 saturated heterocycles. The average Bonchev–Trinajstić information content (AvgIpc) is 2.85. The summed E-state index contributed by atoms with van der Waals surface area (Å²) in [6.45, 7) is 4.63. The van der Waals surface area contributed by atoms with Gasteiger partial charge in [-0.1, -0.05) is 29.8 Å². The zero-order chi connectivity index (χ0) is 13.8. The maximum absolute atomic E-state index is 10.7. The van der Waals surface area contributed by atoms with Crippen molar-refractivity contribution in [1.82, 2.24) is 5.32 Å². The third-order valence-electron chi connectivity index (χ3n) is 3.00. The zero-order valence-electron chi connectivity index (χ0n) is 11.0. The van der Waals surface area contributed by atoms with Gasteiger partial charge in [0.2, 0.25) is 5.76 Å². The minimum absolute atomic E-state index is 0.0278. The van der Waals surface area contributed by atoms with Gasteiger partial charge in [-0.25, -0.2) is 4.79 Å². The number of nitrogens with one attached hydrogen (secondary N) is 1. The summed E-state index contributed by atoms with van der Waals surface area (Å²) in [6.07, 6.45) is 0. The molecule has 4 heteroatoms. The van der Waals surface area contributed by atoms with Crippen LogP contribution in [0.1, 0.15) is 40.4 Å². The number of hydrogen-bond donors (Lipinski definition) is 2. The van der Waals surface area contributed by atoms with Crippen molar-refractivity contribution in [3.8, 4) is 0 Å². The van der Waals surface area contributed by atoms with E-state index in [1.165, 1.54) is 17.2 Å². The summed E-state index contributed by atoms with van der Waals surface area (Å²) in [6, 6.07) is 11.6. The Kier molecular flexibility index (Phi) is 4.02. The minimum atomic E-state index is -1.04.